The van der Waals surface area contributed by atoms with Gasteiger partial charge in [-0.2, -0.15) is 0 Å². The molecule has 1 aromatic carbocycles. The smallest absolute Gasteiger partial charge is 0.274 e. The largest absolute Gasteiger partial charge is 0.379 e. The second kappa shape index (κ2) is 5.27. The van der Waals surface area contributed by atoms with E-state index in [0.717, 1.165) is 11.3 Å². The highest BCUT2D eigenvalue weighted by Gasteiger charge is 2.11. The third-order valence-corrected chi connectivity index (χ3v) is 2.55. The van der Waals surface area contributed by atoms with Crippen molar-refractivity contribution in [1.29, 1.82) is 0 Å². The van der Waals surface area contributed by atoms with Crippen LogP contribution in [0.25, 0.3) is 0 Å². The summed E-state index contributed by atoms with van der Waals surface area (Å²) in [5.74, 6) is 0. The van der Waals surface area contributed by atoms with Crippen LogP contribution in [0.15, 0.2) is 42.7 Å². The lowest BCUT2D eigenvalue weighted by molar-refractivity contribution is -0.385. The quantitative estimate of drug-likeness (QED) is 0.662. The van der Waals surface area contributed by atoms with Crippen molar-refractivity contribution in [2.24, 2.45) is 0 Å². The Kier molecular flexibility index (Phi) is 3.52. The summed E-state index contributed by atoms with van der Waals surface area (Å²) in [5.41, 5.74) is 2.69. The molecule has 18 heavy (non-hydrogen) atoms. The first-order valence-electron chi connectivity index (χ1n) is 5.54. The van der Waals surface area contributed by atoms with Crippen LogP contribution >= 0.6 is 0 Å². The lowest BCUT2D eigenvalue weighted by Gasteiger charge is -2.07. The Bertz CT molecular complexity index is 570. The van der Waals surface area contributed by atoms with Gasteiger partial charge in [-0.3, -0.25) is 15.1 Å². The molecule has 2 rings (SSSR count). The molecule has 0 saturated heterocycles. The van der Waals surface area contributed by atoms with Gasteiger partial charge in [0.1, 0.15) is 0 Å². The Morgan fingerprint density at radius 2 is 2.11 bits per heavy atom. The number of hydrogen-bond donors (Lipinski definition) is 1. The van der Waals surface area contributed by atoms with Gasteiger partial charge in [0.05, 0.1) is 10.6 Å². The van der Waals surface area contributed by atoms with Crippen LogP contribution in [0.1, 0.15) is 11.1 Å². The molecule has 0 bridgehead atoms. The first kappa shape index (κ1) is 12.0. The van der Waals surface area contributed by atoms with Crippen LogP contribution in [-0.2, 0) is 6.54 Å². The molecule has 0 unspecified atom stereocenters. The number of nitro benzene ring substituents is 1. The van der Waals surface area contributed by atoms with E-state index < -0.39 is 0 Å². The standard InChI is InChI=1S/C13H13N3O2/c1-10-6-12(9-14-7-10)15-8-11-4-2-3-5-13(11)16(17)18/h2-7,9,15H,8H2,1H3. The summed E-state index contributed by atoms with van der Waals surface area (Å²) in [6.07, 6.45) is 3.46. The minimum atomic E-state index is -0.370. The fraction of sp³-hybridized carbons (Fsp3) is 0.154. The normalized spacial score (nSPS) is 10.1. The first-order valence-corrected chi connectivity index (χ1v) is 5.54. The Balaban J connectivity index is 2.13. The summed E-state index contributed by atoms with van der Waals surface area (Å²) < 4.78 is 0. The van der Waals surface area contributed by atoms with Gasteiger partial charge in [-0.25, -0.2) is 0 Å². The zero-order valence-electron chi connectivity index (χ0n) is 9.96. The molecule has 0 aliphatic heterocycles. The summed E-state index contributed by atoms with van der Waals surface area (Å²) in [5, 5.41) is 14.0. The van der Waals surface area contributed by atoms with E-state index >= 15 is 0 Å². The molecule has 1 N–H and O–H groups in total. The highest BCUT2D eigenvalue weighted by molar-refractivity contribution is 5.46. The van der Waals surface area contributed by atoms with Crippen molar-refractivity contribution in [2.45, 2.75) is 13.5 Å². The van der Waals surface area contributed by atoms with Crippen LogP contribution in [0.2, 0.25) is 0 Å². The molecule has 0 aliphatic rings. The number of anilines is 1. The van der Waals surface area contributed by atoms with Crippen LogP contribution in [0.4, 0.5) is 11.4 Å². The highest BCUT2D eigenvalue weighted by Crippen LogP contribution is 2.19. The third kappa shape index (κ3) is 2.82. The maximum absolute atomic E-state index is 10.9. The van der Waals surface area contributed by atoms with Gasteiger partial charge in [0.2, 0.25) is 0 Å². The van der Waals surface area contributed by atoms with E-state index in [4.69, 9.17) is 0 Å². The van der Waals surface area contributed by atoms with Crippen molar-refractivity contribution < 1.29 is 4.92 Å². The number of aromatic nitrogens is 1. The molecule has 1 aromatic heterocycles. The number of nitrogens with zero attached hydrogens (tertiary/aromatic N) is 2. The van der Waals surface area contributed by atoms with Crippen molar-refractivity contribution in [3.63, 3.8) is 0 Å². The Morgan fingerprint density at radius 3 is 2.83 bits per heavy atom. The summed E-state index contributed by atoms with van der Waals surface area (Å²) in [4.78, 5) is 14.5. The van der Waals surface area contributed by atoms with Gasteiger partial charge in [-0.15, -0.1) is 0 Å². The predicted molar refractivity (Wildman–Crippen MR) is 69.4 cm³/mol. The molecule has 0 atom stereocenters. The molecule has 0 aliphatic carbocycles. The molecule has 5 nitrogen and oxygen atoms in total. The molecule has 0 radical (unpaired) electrons. The minimum Gasteiger partial charge on any atom is -0.379 e. The van der Waals surface area contributed by atoms with E-state index in [2.05, 4.69) is 10.3 Å². The van der Waals surface area contributed by atoms with Crippen molar-refractivity contribution in [1.82, 2.24) is 4.98 Å². The lowest BCUT2D eigenvalue weighted by atomic mass is 10.2. The molecule has 2 aromatic rings. The van der Waals surface area contributed by atoms with Gasteiger partial charge in [0.15, 0.2) is 0 Å². The second-order valence-electron chi connectivity index (χ2n) is 3.99. The van der Waals surface area contributed by atoms with Crippen LogP contribution in [0.5, 0.6) is 0 Å². The maximum atomic E-state index is 10.9. The minimum absolute atomic E-state index is 0.130. The monoisotopic (exact) mass is 243 g/mol. The van der Waals surface area contributed by atoms with Crippen LogP contribution < -0.4 is 5.32 Å². The number of para-hydroxylation sites is 1. The average Bonchev–Trinajstić information content (AvgIpc) is 2.37. The van der Waals surface area contributed by atoms with Gasteiger partial charge in [0.25, 0.3) is 5.69 Å². The van der Waals surface area contributed by atoms with E-state index in [9.17, 15) is 10.1 Å². The fourth-order valence-electron chi connectivity index (χ4n) is 1.69. The molecule has 0 fully saturated rings. The third-order valence-electron chi connectivity index (χ3n) is 2.55. The molecule has 92 valence electrons. The Morgan fingerprint density at radius 1 is 1.33 bits per heavy atom. The zero-order chi connectivity index (χ0) is 13.0. The molecule has 1 heterocycles. The number of nitro groups is 1. The van der Waals surface area contributed by atoms with Gasteiger partial charge < -0.3 is 5.32 Å². The van der Waals surface area contributed by atoms with Gasteiger partial charge in [-0.1, -0.05) is 18.2 Å². The van der Waals surface area contributed by atoms with Gasteiger partial charge in [-0.05, 0) is 18.6 Å². The summed E-state index contributed by atoms with van der Waals surface area (Å²) >= 11 is 0. The maximum Gasteiger partial charge on any atom is 0.274 e. The van der Waals surface area contributed by atoms with Crippen LogP contribution in [0.3, 0.4) is 0 Å². The van der Waals surface area contributed by atoms with Gasteiger partial charge >= 0.3 is 0 Å². The first-order chi connectivity index (χ1) is 8.66. The second-order valence-corrected chi connectivity index (χ2v) is 3.99. The van der Waals surface area contributed by atoms with Crippen LogP contribution in [-0.4, -0.2) is 9.91 Å². The fourth-order valence-corrected chi connectivity index (χ4v) is 1.69. The number of benzene rings is 1. The summed E-state index contributed by atoms with van der Waals surface area (Å²) in [6, 6.07) is 8.65. The molecule has 0 spiro atoms. The Labute approximate surface area is 105 Å². The predicted octanol–water partition coefficient (Wildman–Crippen LogP) is 2.91. The number of pyridine rings is 1. The van der Waals surface area contributed by atoms with Crippen LogP contribution in [0, 0.1) is 17.0 Å². The summed E-state index contributed by atoms with van der Waals surface area (Å²) in [6.45, 7) is 2.35. The van der Waals surface area contributed by atoms with Crippen molar-refractivity contribution in [3.05, 3.63) is 64.0 Å². The topological polar surface area (TPSA) is 68.1 Å². The molecular weight excluding hydrogens is 230 g/mol. The number of hydrogen-bond acceptors (Lipinski definition) is 4. The lowest BCUT2D eigenvalue weighted by Crippen LogP contribution is -2.03. The van der Waals surface area contributed by atoms with E-state index in [1.807, 2.05) is 13.0 Å². The SMILES string of the molecule is Cc1cncc(NCc2ccccc2[N+](=O)[O-])c1. The van der Waals surface area contributed by atoms with Crippen molar-refractivity contribution in [3.8, 4) is 0 Å². The zero-order valence-corrected chi connectivity index (χ0v) is 9.96. The van der Waals surface area contributed by atoms with Gasteiger partial charge in [0, 0.05) is 30.6 Å². The summed E-state index contributed by atoms with van der Waals surface area (Å²) in [7, 11) is 0. The van der Waals surface area contributed by atoms with Crippen molar-refractivity contribution >= 4 is 11.4 Å². The van der Waals surface area contributed by atoms with Crippen molar-refractivity contribution in [2.75, 3.05) is 5.32 Å². The number of rotatable bonds is 4. The molecule has 0 saturated carbocycles. The number of aryl methyl sites for hydroxylation is 1. The van der Waals surface area contributed by atoms with E-state index in [1.165, 1.54) is 6.07 Å². The molecular formula is C13H13N3O2. The van der Waals surface area contributed by atoms with E-state index in [0.29, 0.717) is 12.1 Å². The Hall–Kier alpha value is -2.43. The number of nitrogens with one attached hydrogen (secondary N) is 1. The van der Waals surface area contributed by atoms with E-state index in [1.54, 1.807) is 30.6 Å². The average molecular weight is 243 g/mol. The molecule has 0 amide bonds. The van der Waals surface area contributed by atoms with E-state index in [-0.39, 0.29) is 10.6 Å². The molecule has 5 heteroatoms. The highest BCUT2D eigenvalue weighted by atomic mass is 16.6.